The van der Waals surface area contributed by atoms with E-state index in [1.54, 1.807) is 6.92 Å². The van der Waals surface area contributed by atoms with Gasteiger partial charge >= 0.3 is 0 Å². The number of nitrogen functional groups attached to an aromatic ring is 1. The van der Waals surface area contributed by atoms with Crippen molar-refractivity contribution in [1.82, 2.24) is 0 Å². The van der Waals surface area contributed by atoms with Gasteiger partial charge in [-0.1, -0.05) is 27.5 Å². The van der Waals surface area contributed by atoms with E-state index < -0.39 is 15.8 Å². The zero-order chi connectivity index (χ0) is 15.8. The lowest BCUT2D eigenvalue weighted by Crippen LogP contribution is -2.14. The Bertz CT molecular complexity index is 789. The number of halogens is 3. The van der Waals surface area contributed by atoms with Gasteiger partial charge in [-0.15, -0.1) is 0 Å². The zero-order valence-electron chi connectivity index (χ0n) is 10.8. The standard InChI is InChI=1S/C13H11BrClFN2O2S/c1-7-4-9(6-11(17)13(7)15)21(19,20)18-12-3-2-8(14)5-10(12)16/h2-6,18H,17H2,1H3. The Labute approximate surface area is 135 Å². The van der Waals surface area contributed by atoms with Crippen molar-refractivity contribution < 1.29 is 12.8 Å². The van der Waals surface area contributed by atoms with Crippen LogP contribution in [0, 0.1) is 12.7 Å². The molecule has 0 fully saturated rings. The fraction of sp³-hybridized carbons (Fsp3) is 0.0769. The normalized spacial score (nSPS) is 11.4. The van der Waals surface area contributed by atoms with Crippen molar-refractivity contribution in [3.63, 3.8) is 0 Å². The molecule has 0 saturated carbocycles. The largest absolute Gasteiger partial charge is 0.397 e. The molecule has 21 heavy (non-hydrogen) atoms. The Morgan fingerprint density at radius 1 is 1.29 bits per heavy atom. The van der Waals surface area contributed by atoms with E-state index in [2.05, 4.69) is 20.7 Å². The van der Waals surface area contributed by atoms with Crippen molar-refractivity contribution in [3.05, 3.63) is 51.2 Å². The van der Waals surface area contributed by atoms with E-state index in [0.717, 1.165) is 0 Å². The third-order valence-corrected chi connectivity index (χ3v) is 5.10. The Morgan fingerprint density at radius 3 is 2.52 bits per heavy atom. The number of hydrogen-bond donors (Lipinski definition) is 2. The predicted molar refractivity (Wildman–Crippen MR) is 85.5 cm³/mol. The van der Waals surface area contributed by atoms with E-state index in [-0.39, 0.29) is 16.3 Å². The van der Waals surface area contributed by atoms with E-state index in [1.807, 2.05) is 0 Å². The third-order valence-electron chi connectivity index (χ3n) is 2.74. The highest BCUT2D eigenvalue weighted by molar-refractivity contribution is 9.10. The summed E-state index contributed by atoms with van der Waals surface area (Å²) in [7, 11) is -3.95. The van der Waals surface area contributed by atoms with Crippen LogP contribution in [0.5, 0.6) is 0 Å². The highest BCUT2D eigenvalue weighted by Crippen LogP contribution is 2.28. The monoisotopic (exact) mass is 392 g/mol. The molecule has 0 bridgehead atoms. The fourth-order valence-corrected chi connectivity index (χ4v) is 3.32. The average molecular weight is 394 g/mol. The summed E-state index contributed by atoms with van der Waals surface area (Å²) in [5.74, 6) is -0.688. The minimum absolute atomic E-state index is 0.0794. The van der Waals surface area contributed by atoms with Crippen LogP contribution in [0.25, 0.3) is 0 Å². The van der Waals surface area contributed by atoms with Gasteiger partial charge in [-0.25, -0.2) is 12.8 Å². The molecule has 2 aromatic rings. The summed E-state index contributed by atoms with van der Waals surface area (Å²) >= 11 is 9.00. The molecule has 0 spiro atoms. The van der Waals surface area contributed by atoms with Crippen LogP contribution < -0.4 is 10.5 Å². The molecule has 0 saturated heterocycles. The molecule has 0 atom stereocenters. The first kappa shape index (κ1) is 16.1. The Balaban J connectivity index is 2.43. The Hall–Kier alpha value is -1.31. The number of hydrogen-bond acceptors (Lipinski definition) is 3. The van der Waals surface area contributed by atoms with Crippen LogP contribution in [0.4, 0.5) is 15.8 Å². The molecule has 0 aromatic heterocycles. The first-order chi connectivity index (χ1) is 9.70. The van der Waals surface area contributed by atoms with E-state index >= 15 is 0 Å². The maximum absolute atomic E-state index is 13.7. The molecule has 4 nitrogen and oxygen atoms in total. The number of sulfonamides is 1. The van der Waals surface area contributed by atoms with Gasteiger partial charge in [-0.3, -0.25) is 4.72 Å². The van der Waals surface area contributed by atoms with Crippen LogP contribution >= 0.6 is 27.5 Å². The second-order valence-electron chi connectivity index (χ2n) is 4.37. The molecule has 8 heteroatoms. The molecule has 0 aliphatic heterocycles. The number of nitrogens with one attached hydrogen (secondary N) is 1. The van der Waals surface area contributed by atoms with Gasteiger partial charge in [0, 0.05) is 4.47 Å². The number of rotatable bonds is 3. The van der Waals surface area contributed by atoms with Crippen LogP contribution in [0.15, 0.2) is 39.7 Å². The van der Waals surface area contributed by atoms with Crippen LogP contribution in [-0.4, -0.2) is 8.42 Å². The highest BCUT2D eigenvalue weighted by atomic mass is 79.9. The molecule has 3 N–H and O–H groups in total. The van der Waals surface area contributed by atoms with Crippen molar-refractivity contribution in [2.45, 2.75) is 11.8 Å². The molecule has 112 valence electrons. The summed E-state index contributed by atoms with van der Waals surface area (Å²) in [4.78, 5) is -0.0794. The van der Waals surface area contributed by atoms with Crippen LogP contribution in [0.3, 0.4) is 0 Å². The van der Waals surface area contributed by atoms with Gasteiger partial charge in [-0.2, -0.15) is 0 Å². The van der Waals surface area contributed by atoms with Crippen molar-refractivity contribution in [1.29, 1.82) is 0 Å². The second-order valence-corrected chi connectivity index (χ2v) is 7.35. The molecule has 2 aromatic carbocycles. The van der Waals surface area contributed by atoms with Gasteiger partial charge in [0.1, 0.15) is 5.82 Å². The van der Waals surface area contributed by atoms with E-state index in [0.29, 0.717) is 15.1 Å². The quantitative estimate of drug-likeness (QED) is 0.776. The first-order valence-electron chi connectivity index (χ1n) is 5.74. The van der Waals surface area contributed by atoms with Gasteiger partial charge < -0.3 is 5.73 Å². The Kier molecular flexibility index (Phi) is 4.46. The smallest absolute Gasteiger partial charge is 0.262 e. The molecule has 0 aliphatic carbocycles. The molecular weight excluding hydrogens is 383 g/mol. The predicted octanol–water partition coefficient (Wildman–Crippen LogP) is 3.93. The second kappa shape index (κ2) is 5.82. The summed E-state index contributed by atoms with van der Waals surface area (Å²) in [6.07, 6.45) is 0. The molecule has 0 radical (unpaired) electrons. The summed E-state index contributed by atoms with van der Waals surface area (Å²) in [5, 5.41) is 0.295. The van der Waals surface area contributed by atoms with E-state index in [1.165, 1.54) is 30.3 Å². The lowest BCUT2D eigenvalue weighted by Gasteiger charge is -2.11. The number of aryl methyl sites for hydroxylation is 1. The average Bonchev–Trinajstić information content (AvgIpc) is 2.38. The van der Waals surface area contributed by atoms with Crippen molar-refractivity contribution in [3.8, 4) is 0 Å². The highest BCUT2D eigenvalue weighted by Gasteiger charge is 2.18. The van der Waals surface area contributed by atoms with E-state index in [9.17, 15) is 12.8 Å². The van der Waals surface area contributed by atoms with Gasteiger partial charge in [0.15, 0.2) is 0 Å². The van der Waals surface area contributed by atoms with Crippen molar-refractivity contribution in [2.24, 2.45) is 0 Å². The number of anilines is 2. The topological polar surface area (TPSA) is 72.2 Å². The first-order valence-corrected chi connectivity index (χ1v) is 8.39. The summed E-state index contributed by atoms with van der Waals surface area (Å²) in [5.41, 5.74) is 6.18. The molecule has 0 aliphatic rings. The van der Waals surface area contributed by atoms with Gasteiger partial charge in [0.05, 0.1) is 21.3 Å². The summed E-state index contributed by atoms with van der Waals surface area (Å²) < 4.78 is 40.9. The van der Waals surface area contributed by atoms with Crippen molar-refractivity contribution in [2.75, 3.05) is 10.5 Å². The minimum Gasteiger partial charge on any atom is -0.397 e. The Morgan fingerprint density at radius 2 is 1.95 bits per heavy atom. The summed E-state index contributed by atoms with van der Waals surface area (Å²) in [6.45, 7) is 1.64. The lowest BCUT2D eigenvalue weighted by atomic mass is 10.2. The van der Waals surface area contributed by atoms with Crippen LogP contribution in [0.1, 0.15) is 5.56 Å². The van der Waals surface area contributed by atoms with Crippen LogP contribution in [0.2, 0.25) is 5.02 Å². The van der Waals surface area contributed by atoms with Gasteiger partial charge in [-0.05, 0) is 42.8 Å². The maximum Gasteiger partial charge on any atom is 0.262 e. The van der Waals surface area contributed by atoms with Gasteiger partial charge in [0.25, 0.3) is 10.0 Å². The van der Waals surface area contributed by atoms with E-state index in [4.69, 9.17) is 17.3 Å². The van der Waals surface area contributed by atoms with Gasteiger partial charge in [0.2, 0.25) is 0 Å². The lowest BCUT2D eigenvalue weighted by molar-refractivity contribution is 0.598. The summed E-state index contributed by atoms with van der Waals surface area (Å²) in [6, 6.07) is 6.62. The molecule has 0 unspecified atom stereocenters. The molecule has 0 amide bonds. The number of nitrogens with two attached hydrogens (primary N) is 1. The van der Waals surface area contributed by atoms with Crippen LogP contribution in [-0.2, 0) is 10.0 Å². The van der Waals surface area contributed by atoms with Crippen molar-refractivity contribution >= 4 is 48.9 Å². The SMILES string of the molecule is Cc1cc(S(=O)(=O)Nc2ccc(Br)cc2F)cc(N)c1Cl. The zero-order valence-corrected chi connectivity index (χ0v) is 14.0. The minimum atomic E-state index is -3.95. The molecule has 0 heterocycles. The maximum atomic E-state index is 13.7. The molecular formula is C13H11BrClFN2O2S. The third kappa shape index (κ3) is 3.48. The number of benzene rings is 2. The fourth-order valence-electron chi connectivity index (χ4n) is 1.69. The molecule has 2 rings (SSSR count).